The van der Waals surface area contributed by atoms with Crippen LogP contribution in [0.25, 0.3) is 11.6 Å². The minimum Gasteiger partial charge on any atom is -0.497 e. The van der Waals surface area contributed by atoms with Crippen molar-refractivity contribution in [3.63, 3.8) is 0 Å². The van der Waals surface area contributed by atoms with Crippen molar-refractivity contribution < 1.29 is 19.4 Å². The smallest absolute Gasteiger partial charge is 0.336 e. The summed E-state index contributed by atoms with van der Waals surface area (Å²) in [5, 5.41) is 9.56. The average molecular weight is 369 g/mol. The summed E-state index contributed by atoms with van der Waals surface area (Å²) in [5.74, 6) is 0.495. The summed E-state index contributed by atoms with van der Waals surface area (Å²) in [4.78, 5) is 14.0. The van der Waals surface area contributed by atoms with Crippen molar-refractivity contribution in [2.75, 3.05) is 33.4 Å². The van der Waals surface area contributed by atoms with Gasteiger partial charge in [-0.25, -0.2) is 4.79 Å². The predicted molar refractivity (Wildman–Crippen MR) is 108 cm³/mol. The number of benzene rings is 2. The second-order valence-corrected chi connectivity index (χ2v) is 6.04. The van der Waals surface area contributed by atoms with E-state index in [0.29, 0.717) is 17.9 Å². The van der Waals surface area contributed by atoms with Gasteiger partial charge in [0.15, 0.2) is 0 Å². The number of hydrogen-bond donors (Lipinski definition) is 1. The summed E-state index contributed by atoms with van der Waals surface area (Å²) in [6.45, 7) is 7.79. The van der Waals surface area contributed by atoms with Crippen LogP contribution in [-0.2, 0) is 4.79 Å². The normalized spacial score (nSPS) is 11.5. The van der Waals surface area contributed by atoms with Crippen molar-refractivity contribution in [1.82, 2.24) is 4.90 Å². The lowest BCUT2D eigenvalue weighted by molar-refractivity contribution is -0.130. The summed E-state index contributed by atoms with van der Waals surface area (Å²) in [7, 11) is 1.58. The molecule has 1 N–H and O–H groups in total. The molecular weight excluding hydrogens is 342 g/mol. The third-order valence-electron chi connectivity index (χ3n) is 4.39. The molecule has 2 aromatic carbocycles. The van der Waals surface area contributed by atoms with Gasteiger partial charge in [-0.1, -0.05) is 38.1 Å². The van der Waals surface area contributed by atoms with Crippen LogP contribution < -0.4 is 9.47 Å². The van der Waals surface area contributed by atoms with Crippen LogP contribution in [0.4, 0.5) is 0 Å². The van der Waals surface area contributed by atoms with Crippen LogP contribution >= 0.6 is 0 Å². The Morgan fingerprint density at radius 1 is 1.00 bits per heavy atom. The first-order chi connectivity index (χ1) is 13.1. The van der Waals surface area contributed by atoms with Crippen molar-refractivity contribution in [2.24, 2.45) is 0 Å². The van der Waals surface area contributed by atoms with Crippen molar-refractivity contribution in [3.05, 3.63) is 59.7 Å². The molecule has 0 aliphatic rings. The molecule has 0 heterocycles. The Morgan fingerprint density at radius 2 is 1.59 bits per heavy atom. The number of carboxylic acid groups (broad SMARTS) is 1. The highest BCUT2D eigenvalue weighted by Crippen LogP contribution is 2.22. The lowest BCUT2D eigenvalue weighted by atomic mass is 10.0. The van der Waals surface area contributed by atoms with E-state index in [1.54, 1.807) is 37.5 Å². The minimum absolute atomic E-state index is 0.229. The van der Waals surface area contributed by atoms with Gasteiger partial charge in [0.2, 0.25) is 0 Å². The highest BCUT2D eigenvalue weighted by atomic mass is 16.5. The van der Waals surface area contributed by atoms with Crippen LogP contribution in [-0.4, -0.2) is 49.3 Å². The van der Waals surface area contributed by atoms with Gasteiger partial charge in [0, 0.05) is 6.54 Å². The van der Waals surface area contributed by atoms with Crippen molar-refractivity contribution in [1.29, 1.82) is 0 Å². The highest BCUT2D eigenvalue weighted by Gasteiger charge is 2.11. The van der Waals surface area contributed by atoms with E-state index in [0.717, 1.165) is 30.9 Å². The summed E-state index contributed by atoms with van der Waals surface area (Å²) in [6.07, 6.45) is 1.66. The number of carbonyl (C=O) groups is 1. The molecule has 5 heteroatoms. The molecule has 2 rings (SSSR count). The maximum Gasteiger partial charge on any atom is 0.336 e. The van der Waals surface area contributed by atoms with E-state index < -0.39 is 5.97 Å². The van der Waals surface area contributed by atoms with Gasteiger partial charge in [-0.05, 0) is 54.6 Å². The van der Waals surface area contributed by atoms with Crippen molar-refractivity contribution >= 4 is 17.6 Å². The number of nitrogens with zero attached hydrogens (tertiary/aromatic N) is 1. The standard InChI is InChI=1S/C22H27NO4/c1-4-23(5-2)14-15-27-20-10-6-17(7-11-20)16-21(22(24)25)18-8-12-19(26-3)13-9-18/h6-13,16H,4-5,14-15H2,1-3H3,(H,24,25)/b21-16-. The molecule has 0 saturated carbocycles. The zero-order chi connectivity index (χ0) is 19.6. The van der Waals surface area contributed by atoms with E-state index in [2.05, 4.69) is 18.7 Å². The summed E-state index contributed by atoms with van der Waals surface area (Å²) < 4.78 is 10.9. The monoisotopic (exact) mass is 369 g/mol. The largest absolute Gasteiger partial charge is 0.497 e. The van der Waals surface area contributed by atoms with Crippen LogP contribution in [0, 0.1) is 0 Å². The fourth-order valence-corrected chi connectivity index (χ4v) is 2.70. The Hall–Kier alpha value is -2.79. The average Bonchev–Trinajstić information content (AvgIpc) is 2.70. The first kappa shape index (κ1) is 20.5. The highest BCUT2D eigenvalue weighted by molar-refractivity contribution is 6.20. The molecule has 0 amide bonds. The number of carboxylic acids is 1. The Bertz CT molecular complexity index is 747. The quantitative estimate of drug-likeness (QED) is 0.506. The van der Waals surface area contributed by atoms with Gasteiger partial charge in [-0.3, -0.25) is 0 Å². The molecule has 0 radical (unpaired) electrons. The third-order valence-corrected chi connectivity index (χ3v) is 4.39. The van der Waals surface area contributed by atoms with Crippen LogP contribution in [0.5, 0.6) is 11.5 Å². The second-order valence-electron chi connectivity index (χ2n) is 6.04. The molecule has 144 valence electrons. The number of aliphatic carboxylic acids is 1. The van der Waals surface area contributed by atoms with E-state index in [1.165, 1.54) is 0 Å². The molecule has 0 aromatic heterocycles. The van der Waals surface area contributed by atoms with Crippen LogP contribution in [0.2, 0.25) is 0 Å². The molecular formula is C22H27NO4. The summed E-state index contributed by atoms with van der Waals surface area (Å²) in [5.41, 5.74) is 1.66. The van der Waals surface area contributed by atoms with Gasteiger partial charge in [0.25, 0.3) is 0 Å². The SMILES string of the molecule is CCN(CC)CCOc1ccc(/C=C(\C(=O)O)c2ccc(OC)cc2)cc1. The minimum atomic E-state index is -0.972. The Balaban J connectivity index is 2.07. The van der Waals surface area contributed by atoms with Crippen LogP contribution in [0.1, 0.15) is 25.0 Å². The van der Waals surface area contributed by atoms with Gasteiger partial charge in [0.1, 0.15) is 18.1 Å². The Morgan fingerprint density at radius 3 is 2.11 bits per heavy atom. The van der Waals surface area contributed by atoms with Crippen molar-refractivity contribution in [2.45, 2.75) is 13.8 Å². The van der Waals surface area contributed by atoms with Gasteiger partial charge in [-0.2, -0.15) is 0 Å². The maximum absolute atomic E-state index is 11.7. The van der Waals surface area contributed by atoms with E-state index in [-0.39, 0.29) is 5.57 Å². The fourth-order valence-electron chi connectivity index (χ4n) is 2.70. The van der Waals surface area contributed by atoms with Gasteiger partial charge in [0.05, 0.1) is 12.7 Å². The van der Waals surface area contributed by atoms with Gasteiger partial charge in [-0.15, -0.1) is 0 Å². The third kappa shape index (κ3) is 6.15. The van der Waals surface area contributed by atoms with E-state index >= 15 is 0 Å². The fraction of sp³-hybridized carbons (Fsp3) is 0.318. The molecule has 0 atom stereocenters. The predicted octanol–water partition coefficient (Wildman–Crippen LogP) is 4.04. The number of likely N-dealkylation sites (N-methyl/N-ethyl adjacent to an activating group) is 1. The summed E-state index contributed by atoms with van der Waals surface area (Å²) in [6, 6.07) is 14.4. The molecule has 0 aliphatic heterocycles. The number of hydrogen-bond acceptors (Lipinski definition) is 4. The molecule has 0 bridgehead atoms. The molecule has 2 aromatic rings. The summed E-state index contributed by atoms with van der Waals surface area (Å²) >= 11 is 0. The molecule has 0 aliphatic carbocycles. The Labute approximate surface area is 160 Å². The van der Waals surface area contributed by atoms with E-state index in [1.807, 2.05) is 24.3 Å². The first-order valence-electron chi connectivity index (χ1n) is 9.12. The Kier molecular flexibility index (Phi) is 7.89. The molecule has 0 unspecified atom stereocenters. The zero-order valence-electron chi connectivity index (χ0n) is 16.1. The molecule has 0 saturated heterocycles. The lowest BCUT2D eigenvalue weighted by Gasteiger charge is -2.18. The number of rotatable bonds is 10. The second kappa shape index (κ2) is 10.4. The first-order valence-corrected chi connectivity index (χ1v) is 9.12. The molecule has 27 heavy (non-hydrogen) atoms. The van der Waals surface area contributed by atoms with Crippen molar-refractivity contribution in [3.8, 4) is 11.5 Å². The molecule has 5 nitrogen and oxygen atoms in total. The lowest BCUT2D eigenvalue weighted by Crippen LogP contribution is -2.27. The molecule has 0 spiro atoms. The maximum atomic E-state index is 11.7. The van der Waals surface area contributed by atoms with Crippen LogP contribution in [0.3, 0.4) is 0 Å². The number of ether oxygens (including phenoxy) is 2. The van der Waals surface area contributed by atoms with Crippen LogP contribution in [0.15, 0.2) is 48.5 Å². The molecule has 0 fully saturated rings. The van der Waals surface area contributed by atoms with Gasteiger partial charge >= 0.3 is 5.97 Å². The van der Waals surface area contributed by atoms with E-state index in [4.69, 9.17) is 9.47 Å². The van der Waals surface area contributed by atoms with Gasteiger partial charge < -0.3 is 19.5 Å². The topological polar surface area (TPSA) is 59.0 Å². The number of methoxy groups -OCH3 is 1. The van der Waals surface area contributed by atoms with E-state index in [9.17, 15) is 9.90 Å². The zero-order valence-corrected chi connectivity index (χ0v) is 16.1.